The van der Waals surface area contributed by atoms with Crippen molar-refractivity contribution >= 4 is 11.7 Å². The first-order chi connectivity index (χ1) is 10.9. The van der Waals surface area contributed by atoms with Crippen LogP contribution in [-0.4, -0.2) is 50.0 Å². The summed E-state index contributed by atoms with van der Waals surface area (Å²) in [6, 6.07) is 1.80. The standard InChI is InChI=1S/C17H22N4O2/c1-11-13(21-6-4-5-18-15(21)19-11)14(23)20-7-12-16(2,3)8-17(12,9-20)10-22/h4-6,12,22H,7-10H2,1-3H3/t12-,17-/m1/s1. The lowest BCUT2D eigenvalue weighted by Crippen LogP contribution is -2.54. The number of amides is 1. The molecule has 6 nitrogen and oxygen atoms in total. The molecule has 1 saturated carbocycles. The van der Waals surface area contributed by atoms with Crippen molar-refractivity contribution in [2.45, 2.75) is 27.2 Å². The molecule has 2 aromatic heterocycles. The number of imidazole rings is 1. The zero-order valence-electron chi connectivity index (χ0n) is 13.8. The van der Waals surface area contributed by atoms with Crippen LogP contribution in [0.3, 0.4) is 0 Å². The highest BCUT2D eigenvalue weighted by molar-refractivity contribution is 5.94. The van der Waals surface area contributed by atoms with Crippen molar-refractivity contribution in [3.8, 4) is 0 Å². The average molecular weight is 314 g/mol. The Morgan fingerprint density at radius 1 is 1.48 bits per heavy atom. The summed E-state index contributed by atoms with van der Waals surface area (Å²) in [6.45, 7) is 7.78. The summed E-state index contributed by atoms with van der Waals surface area (Å²) in [5.41, 5.74) is 1.35. The van der Waals surface area contributed by atoms with Gasteiger partial charge in [0.1, 0.15) is 5.69 Å². The summed E-state index contributed by atoms with van der Waals surface area (Å²) in [6.07, 6.45) is 4.47. The van der Waals surface area contributed by atoms with Gasteiger partial charge in [-0.3, -0.25) is 9.20 Å². The van der Waals surface area contributed by atoms with Crippen molar-refractivity contribution in [3.05, 3.63) is 29.8 Å². The second kappa shape index (κ2) is 4.54. The van der Waals surface area contributed by atoms with Gasteiger partial charge in [-0.25, -0.2) is 9.97 Å². The molecule has 1 saturated heterocycles. The Morgan fingerprint density at radius 3 is 2.91 bits per heavy atom. The van der Waals surface area contributed by atoms with Gasteiger partial charge < -0.3 is 10.0 Å². The van der Waals surface area contributed by atoms with Crippen LogP contribution < -0.4 is 0 Å². The Labute approximate surface area is 135 Å². The number of aryl methyl sites for hydroxylation is 1. The second-order valence-corrected chi connectivity index (χ2v) is 7.76. The van der Waals surface area contributed by atoms with Crippen LogP contribution in [0.1, 0.15) is 36.5 Å². The number of likely N-dealkylation sites (tertiary alicyclic amines) is 1. The molecule has 0 spiro atoms. The van der Waals surface area contributed by atoms with Gasteiger partial charge in [0, 0.05) is 30.9 Å². The number of hydrogen-bond donors (Lipinski definition) is 1. The summed E-state index contributed by atoms with van der Waals surface area (Å²) in [4.78, 5) is 23.6. The number of rotatable bonds is 2. The minimum absolute atomic E-state index is 0.0129. The van der Waals surface area contributed by atoms with Crippen LogP contribution in [0.5, 0.6) is 0 Å². The number of nitrogens with zero attached hydrogens (tertiary/aromatic N) is 4. The fourth-order valence-electron chi connectivity index (χ4n) is 4.90. The third-order valence-electron chi connectivity index (χ3n) is 5.78. The molecule has 1 aliphatic carbocycles. The Bertz CT molecular complexity index is 797. The number of carbonyl (C=O) groups excluding carboxylic acids is 1. The molecule has 3 heterocycles. The Balaban J connectivity index is 1.69. The van der Waals surface area contributed by atoms with Gasteiger partial charge in [0.15, 0.2) is 0 Å². The third kappa shape index (κ3) is 1.87. The van der Waals surface area contributed by atoms with Gasteiger partial charge in [-0.15, -0.1) is 0 Å². The van der Waals surface area contributed by atoms with Gasteiger partial charge in [0.25, 0.3) is 5.91 Å². The van der Waals surface area contributed by atoms with E-state index in [1.165, 1.54) is 0 Å². The summed E-state index contributed by atoms with van der Waals surface area (Å²) in [5, 5.41) is 9.87. The van der Waals surface area contributed by atoms with Crippen LogP contribution in [0.4, 0.5) is 0 Å². The number of aromatic nitrogens is 3. The van der Waals surface area contributed by atoms with Crippen molar-refractivity contribution in [2.75, 3.05) is 19.7 Å². The lowest BCUT2D eigenvalue weighted by atomic mass is 9.48. The van der Waals surface area contributed by atoms with Crippen LogP contribution >= 0.6 is 0 Å². The number of aliphatic hydroxyl groups is 1. The van der Waals surface area contributed by atoms with Gasteiger partial charge in [0.05, 0.1) is 12.3 Å². The molecule has 0 aromatic carbocycles. The van der Waals surface area contributed by atoms with Crippen LogP contribution in [0.15, 0.2) is 18.5 Å². The molecule has 0 bridgehead atoms. The third-order valence-corrected chi connectivity index (χ3v) is 5.78. The smallest absolute Gasteiger partial charge is 0.272 e. The normalized spacial score (nSPS) is 28.7. The van der Waals surface area contributed by atoms with Gasteiger partial charge in [-0.05, 0) is 30.7 Å². The van der Waals surface area contributed by atoms with E-state index in [9.17, 15) is 9.90 Å². The van der Waals surface area contributed by atoms with E-state index in [0.717, 1.165) is 6.42 Å². The SMILES string of the molecule is Cc1nc2ncccn2c1C(=O)N1C[C@@H]2C(C)(C)C[C@]2(CO)C1. The maximum atomic E-state index is 13.1. The predicted octanol–water partition coefficient (Wildman–Crippen LogP) is 1.52. The quantitative estimate of drug-likeness (QED) is 0.912. The van der Waals surface area contributed by atoms with Crippen molar-refractivity contribution in [1.29, 1.82) is 0 Å². The molecule has 2 aliphatic rings. The molecule has 0 unspecified atom stereocenters. The molecule has 2 fully saturated rings. The first kappa shape index (κ1) is 14.6. The minimum Gasteiger partial charge on any atom is -0.396 e. The van der Waals surface area contributed by atoms with Crippen LogP contribution in [0, 0.1) is 23.7 Å². The zero-order chi connectivity index (χ0) is 16.4. The second-order valence-electron chi connectivity index (χ2n) is 7.76. The molecule has 2 atom stereocenters. The highest BCUT2D eigenvalue weighted by atomic mass is 16.3. The first-order valence-electron chi connectivity index (χ1n) is 8.08. The summed E-state index contributed by atoms with van der Waals surface area (Å²) in [5.74, 6) is 0.898. The van der Waals surface area contributed by atoms with E-state index in [1.54, 1.807) is 16.7 Å². The van der Waals surface area contributed by atoms with Crippen molar-refractivity contribution in [3.63, 3.8) is 0 Å². The molecular weight excluding hydrogens is 292 g/mol. The molecular formula is C17H22N4O2. The first-order valence-corrected chi connectivity index (χ1v) is 8.08. The van der Waals surface area contributed by atoms with E-state index in [4.69, 9.17) is 0 Å². The molecule has 2 aromatic rings. The highest BCUT2D eigenvalue weighted by Gasteiger charge is 2.63. The van der Waals surface area contributed by atoms with E-state index >= 15 is 0 Å². The van der Waals surface area contributed by atoms with E-state index < -0.39 is 0 Å². The van der Waals surface area contributed by atoms with Gasteiger partial charge in [-0.2, -0.15) is 0 Å². The van der Waals surface area contributed by atoms with Crippen LogP contribution in [0.2, 0.25) is 0 Å². The van der Waals surface area contributed by atoms with Crippen LogP contribution in [-0.2, 0) is 0 Å². The Kier molecular flexibility index (Phi) is 2.89. The monoisotopic (exact) mass is 314 g/mol. The predicted molar refractivity (Wildman–Crippen MR) is 85.0 cm³/mol. The van der Waals surface area contributed by atoms with Crippen molar-refractivity contribution in [1.82, 2.24) is 19.3 Å². The summed E-state index contributed by atoms with van der Waals surface area (Å²) in [7, 11) is 0. The molecule has 0 radical (unpaired) electrons. The maximum Gasteiger partial charge on any atom is 0.272 e. The molecule has 1 N–H and O–H groups in total. The highest BCUT2D eigenvalue weighted by Crippen LogP contribution is 2.62. The van der Waals surface area contributed by atoms with Gasteiger partial charge >= 0.3 is 0 Å². The number of carbonyl (C=O) groups is 1. The molecule has 6 heteroatoms. The fourth-order valence-corrected chi connectivity index (χ4v) is 4.90. The largest absolute Gasteiger partial charge is 0.396 e. The average Bonchev–Trinajstić information content (AvgIpc) is 3.01. The van der Waals surface area contributed by atoms with E-state index in [2.05, 4.69) is 23.8 Å². The van der Waals surface area contributed by atoms with E-state index in [-0.39, 0.29) is 23.3 Å². The molecule has 4 rings (SSSR count). The summed E-state index contributed by atoms with van der Waals surface area (Å²) < 4.78 is 1.76. The van der Waals surface area contributed by atoms with Crippen molar-refractivity contribution < 1.29 is 9.90 Å². The fraction of sp³-hybridized carbons (Fsp3) is 0.588. The molecule has 1 aliphatic heterocycles. The molecule has 122 valence electrons. The molecule has 23 heavy (non-hydrogen) atoms. The lowest BCUT2D eigenvalue weighted by molar-refractivity contribution is -0.0977. The lowest BCUT2D eigenvalue weighted by Gasteiger charge is -2.55. The van der Waals surface area contributed by atoms with Gasteiger partial charge in [-0.1, -0.05) is 13.8 Å². The Hall–Kier alpha value is -1.95. The van der Waals surface area contributed by atoms with Crippen molar-refractivity contribution in [2.24, 2.45) is 16.7 Å². The number of fused-ring (bicyclic) bond motifs is 2. The Morgan fingerprint density at radius 2 is 2.26 bits per heavy atom. The molecule has 1 amide bonds. The van der Waals surface area contributed by atoms with E-state index in [1.807, 2.05) is 18.0 Å². The zero-order valence-corrected chi connectivity index (χ0v) is 13.8. The van der Waals surface area contributed by atoms with Crippen LogP contribution in [0.25, 0.3) is 5.78 Å². The minimum atomic E-state index is -0.119. The maximum absolute atomic E-state index is 13.1. The van der Waals surface area contributed by atoms with E-state index in [0.29, 0.717) is 36.2 Å². The number of hydrogen-bond acceptors (Lipinski definition) is 4. The van der Waals surface area contributed by atoms with Gasteiger partial charge in [0.2, 0.25) is 5.78 Å². The number of aliphatic hydroxyl groups excluding tert-OH is 1. The topological polar surface area (TPSA) is 70.7 Å². The summed E-state index contributed by atoms with van der Waals surface area (Å²) >= 11 is 0.